The van der Waals surface area contributed by atoms with E-state index in [0.717, 1.165) is 60.7 Å². The molecule has 3 aromatic rings. The molecule has 2 aromatic carbocycles. The number of amidine groups is 1. The third-order valence-electron chi connectivity index (χ3n) is 6.06. The van der Waals surface area contributed by atoms with Crippen molar-refractivity contribution in [2.75, 3.05) is 29.9 Å². The molecule has 172 valence electrons. The number of hydrogen-bond acceptors (Lipinski definition) is 4. The van der Waals surface area contributed by atoms with Crippen LogP contribution in [-0.4, -0.2) is 43.3 Å². The lowest BCUT2D eigenvalue weighted by Gasteiger charge is -2.34. The van der Waals surface area contributed by atoms with Gasteiger partial charge in [-0.2, -0.15) is 0 Å². The van der Waals surface area contributed by atoms with Crippen molar-refractivity contribution in [2.45, 2.75) is 32.8 Å². The lowest BCUT2D eigenvalue weighted by atomic mass is 10.1. The first-order chi connectivity index (χ1) is 15.9. The van der Waals surface area contributed by atoms with E-state index >= 15 is 0 Å². The summed E-state index contributed by atoms with van der Waals surface area (Å²) < 4.78 is 6.25. The largest absolute Gasteiger partial charge is 0.490 e. The summed E-state index contributed by atoms with van der Waals surface area (Å²) in [7, 11) is 1.94. The number of rotatable bonds is 6. The maximum atomic E-state index is 10.6. The minimum atomic E-state index is 0.194. The van der Waals surface area contributed by atoms with Crippen LogP contribution in [0.4, 0.5) is 11.4 Å². The molecular formula is C26H29ClN4O2. The lowest BCUT2D eigenvalue weighted by molar-refractivity contribution is -0.104. The zero-order valence-corrected chi connectivity index (χ0v) is 20.0. The summed E-state index contributed by atoms with van der Waals surface area (Å²) in [5.74, 6) is 1.69. The third kappa shape index (κ3) is 5.40. The number of benzene rings is 2. The van der Waals surface area contributed by atoms with Gasteiger partial charge < -0.3 is 19.5 Å². The van der Waals surface area contributed by atoms with Crippen LogP contribution >= 0.6 is 11.6 Å². The van der Waals surface area contributed by atoms with Gasteiger partial charge in [-0.15, -0.1) is 0 Å². The first kappa shape index (κ1) is 22.9. The van der Waals surface area contributed by atoms with Crippen LogP contribution in [0.15, 0.2) is 65.4 Å². The monoisotopic (exact) mass is 464 g/mol. The molecule has 1 N–H and O–H groups in total. The number of anilines is 2. The van der Waals surface area contributed by atoms with E-state index in [1.54, 1.807) is 6.92 Å². The van der Waals surface area contributed by atoms with Crippen LogP contribution in [0.2, 0.25) is 5.02 Å². The van der Waals surface area contributed by atoms with Gasteiger partial charge in [0.1, 0.15) is 24.0 Å². The topological polar surface area (TPSA) is 60.9 Å². The molecule has 1 aliphatic rings. The van der Waals surface area contributed by atoms with Crippen molar-refractivity contribution in [2.24, 2.45) is 4.99 Å². The minimum Gasteiger partial charge on any atom is -0.490 e. The molecule has 33 heavy (non-hydrogen) atoms. The summed E-state index contributed by atoms with van der Waals surface area (Å²) in [6.07, 6.45) is 6.20. The second kappa shape index (κ2) is 10.1. The number of aldehydes is 1. The van der Waals surface area contributed by atoms with Gasteiger partial charge in [0.15, 0.2) is 0 Å². The number of fused-ring (bicyclic) bond motifs is 1. The molecule has 6 nitrogen and oxygen atoms in total. The average Bonchev–Trinajstić information content (AvgIpc) is 3.27. The van der Waals surface area contributed by atoms with Gasteiger partial charge in [-0.3, -0.25) is 4.79 Å². The number of ether oxygens (including phenoxy) is 1. The molecule has 1 aliphatic heterocycles. The fraction of sp³-hybridized carbons (Fsp3) is 0.308. The van der Waals surface area contributed by atoms with Crippen LogP contribution < -0.4 is 14.5 Å². The predicted octanol–water partition coefficient (Wildman–Crippen LogP) is 5.83. The Balaban J connectivity index is 1.38. The number of allylic oxidation sites excluding steroid dienone is 2. The number of nitrogens with one attached hydrogen (secondary N) is 1. The lowest BCUT2D eigenvalue weighted by Crippen LogP contribution is -2.38. The van der Waals surface area contributed by atoms with Crippen molar-refractivity contribution in [3.05, 3.63) is 65.5 Å². The Kier molecular flexibility index (Phi) is 7.04. The van der Waals surface area contributed by atoms with Crippen LogP contribution in [0, 0.1) is 0 Å². The molecule has 0 spiro atoms. The average molecular weight is 465 g/mol. The number of carbonyl (C=O) groups is 1. The van der Waals surface area contributed by atoms with Crippen LogP contribution in [-0.2, 0) is 4.79 Å². The highest BCUT2D eigenvalue weighted by Crippen LogP contribution is 2.33. The number of aliphatic imine (C=N–C) groups is 1. The molecule has 0 unspecified atom stereocenters. The number of aromatic nitrogens is 1. The van der Waals surface area contributed by atoms with Crippen LogP contribution in [0.5, 0.6) is 5.75 Å². The molecule has 1 saturated heterocycles. The van der Waals surface area contributed by atoms with E-state index in [-0.39, 0.29) is 6.10 Å². The molecule has 1 aromatic heterocycles. The Morgan fingerprint density at radius 1 is 1.18 bits per heavy atom. The molecule has 0 aliphatic carbocycles. The van der Waals surface area contributed by atoms with Crippen LogP contribution in [0.3, 0.4) is 0 Å². The SMILES string of the molecule is CC(=N/C(C)=C\C=O)N(C)c1ccc(N2CCC(Oc3ccc4cc[nH]c4c3)CC2)c(Cl)c1. The van der Waals surface area contributed by atoms with Gasteiger partial charge in [-0.25, -0.2) is 4.99 Å². The van der Waals surface area contributed by atoms with Crippen LogP contribution in [0.1, 0.15) is 26.7 Å². The summed E-state index contributed by atoms with van der Waals surface area (Å²) in [5, 5.41) is 1.90. The second-order valence-corrected chi connectivity index (χ2v) is 8.74. The molecule has 7 heteroatoms. The molecule has 4 rings (SSSR count). The Bertz CT molecular complexity index is 1190. The molecule has 0 atom stereocenters. The van der Waals surface area contributed by atoms with Crippen LogP contribution in [0.25, 0.3) is 10.9 Å². The first-order valence-electron chi connectivity index (χ1n) is 11.1. The number of hydrogen-bond donors (Lipinski definition) is 1. The molecule has 0 amide bonds. The summed E-state index contributed by atoms with van der Waals surface area (Å²) in [4.78, 5) is 22.6. The van der Waals surface area contributed by atoms with E-state index in [9.17, 15) is 4.79 Å². The van der Waals surface area contributed by atoms with Crippen molar-refractivity contribution in [1.29, 1.82) is 0 Å². The van der Waals surface area contributed by atoms with Gasteiger partial charge in [-0.1, -0.05) is 11.6 Å². The summed E-state index contributed by atoms with van der Waals surface area (Å²) >= 11 is 6.68. The number of H-pyrrole nitrogens is 1. The zero-order chi connectivity index (χ0) is 23.4. The van der Waals surface area contributed by atoms with Gasteiger partial charge >= 0.3 is 0 Å². The Hall–Kier alpha value is -3.25. The van der Waals surface area contributed by atoms with E-state index < -0.39 is 0 Å². The zero-order valence-electron chi connectivity index (χ0n) is 19.2. The van der Waals surface area contributed by atoms with Gasteiger partial charge in [0.05, 0.1) is 10.7 Å². The molecule has 2 heterocycles. The van der Waals surface area contributed by atoms with Crippen molar-refractivity contribution in [3.63, 3.8) is 0 Å². The number of nitrogens with zero attached hydrogens (tertiary/aromatic N) is 3. The normalized spacial score (nSPS) is 15.7. The smallest absolute Gasteiger partial charge is 0.144 e. The third-order valence-corrected chi connectivity index (χ3v) is 6.37. The molecule has 0 saturated carbocycles. The van der Waals surface area contributed by atoms with Crippen molar-refractivity contribution in [1.82, 2.24) is 4.98 Å². The molecule has 1 fully saturated rings. The summed E-state index contributed by atoms with van der Waals surface area (Å²) in [6.45, 7) is 5.48. The fourth-order valence-electron chi connectivity index (χ4n) is 4.12. The Labute approximate surface area is 199 Å². The van der Waals surface area contributed by atoms with Crippen molar-refractivity contribution < 1.29 is 9.53 Å². The quantitative estimate of drug-likeness (QED) is 0.216. The summed E-state index contributed by atoms with van der Waals surface area (Å²) in [6, 6.07) is 14.3. The second-order valence-electron chi connectivity index (χ2n) is 8.33. The number of piperidine rings is 1. The molecule has 0 radical (unpaired) electrons. The first-order valence-corrected chi connectivity index (χ1v) is 11.5. The standard InChI is InChI=1S/C26H29ClN4O2/c1-18(11-15-32)29-19(2)30(3)21-5-7-26(24(27)16-21)31-13-9-22(10-14-31)33-23-6-4-20-8-12-28-25(20)17-23/h4-8,11-12,15-17,22,28H,9-10,13-14H2,1-3H3/b18-11-,29-19?. The summed E-state index contributed by atoms with van der Waals surface area (Å²) in [5.41, 5.74) is 3.74. The van der Waals surface area contributed by atoms with Crippen molar-refractivity contribution >= 4 is 46.0 Å². The highest BCUT2D eigenvalue weighted by molar-refractivity contribution is 6.33. The van der Waals surface area contributed by atoms with E-state index in [1.807, 2.05) is 43.3 Å². The van der Waals surface area contributed by atoms with E-state index in [2.05, 4.69) is 39.1 Å². The highest BCUT2D eigenvalue weighted by Gasteiger charge is 2.22. The van der Waals surface area contributed by atoms with E-state index in [0.29, 0.717) is 10.7 Å². The Morgan fingerprint density at radius 3 is 2.70 bits per heavy atom. The molecular weight excluding hydrogens is 436 g/mol. The molecule has 0 bridgehead atoms. The number of halogens is 1. The fourth-order valence-corrected chi connectivity index (χ4v) is 4.42. The van der Waals surface area contributed by atoms with Gasteiger partial charge in [0.2, 0.25) is 0 Å². The number of carbonyl (C=O) groups excluding carboxylic acids is 1. The van der Waals surface area contributed by atoms with Crippen molar-refractivity contribution in [3.8, 4) is 5.75 Å². The van der Waals surface area contributed by atoms with Gasteiger partial charge in [0.25, 0.3) is 0 Å². The van der Waals surface area contributed by atoms with E-state index in [4.69, 9.17) is 16.3 Å². The maximum absolute atomic E-state index is 10.6. The minimum absolute atomic E-state index is 0.194. The maximum Gasteiger partial charge on any atom is 0.144 e. The Morgan fingerprint density at radius 2 is 1.97 bits per heavy atom. The van der Waals surface area contributed by atoms with Gasteiger partial charge in [-0.05, 0) is 61.7 Å². The highest BCUT2D eigenvalue weighted by atomic mass is 35.5. The van der Waals surface area contributed by atoms with Gasteiger partial charge in [0, 0.05) is 62.1 Å². The predicted molar refractivity (Wildman–Crippen MR) is 137 cm³/mol. The number of aromatic amines is 1. The van der Waals surface area contributed by atoms with E-state index in [1.165, 1.54) is 11.5 Å².